The van der Waals surface area contributed by atoms with E-state index in [4.69, 9.17) is 0 Å². The smallest absolute Gasteiger partial charge is 0.133 e. The Kier molecular flexibility index (Phi) is 3.39. The lowest BCUT2D eigenvalue weighted by molar-refractivity contribution is -0.165. The highest BCUT2D eigenvalue weighted by molar-refractivity contribution is 5.80. The van der Waals surface area contributed by atoms with Crippen LogP contribution in [0.1, 0.15) is 79.1 Å². The van der Waals surface area contributed by atoms with Crippen LogP contribution in [0.2, 0.25) is 0 Å². The Labute approximate surface area is 141 Å². The predicted molar refractivity (Wildman–Crippen MR) is 91.9 cm³/mol. The molecule has 0 radical (unpaired) electrons. The van der Waals surface area contributed by atoms with Gasteiger partial charge in [-0.2, -0.15) is 0 Å². The summed E-state index contributed by atoms with van der Waals surface area (Å²) >= 11 is 0. The highest BCUT2D eigenvalue weighted by Crippen LogP contribution is 2.68. The number of aliphatic hydroxyl groups is 1. The van der Waals surface area contributed by atoms with Crippen LogP contribution in [0.25, 0.3) is 0 Å². The molecule has 130 valence electrons. The number of carbonyl (C=O) groups excluding carboxylic acids is 1. The van der Waals surface area contributed by atoms with Crippen molar-refractivity contribution in [2.24, 2.45) is 40.4 Å². The van der Waals surface area contributed by atoms with E-state index in [1.807, 2.05) is 0 Å². The van der Waals surface area contributed by atoms with Gasteiger partial charge in [-0.15, -0.1) is 0 Å². The molecule has 0 aromatic carbocycles. The van der Waals surface area contributed by atoms with E-state index in [1.165, 1.54) is 32.1 Å². The normalized spacial score (nSPS) is 59.2. The van der Waals surface area contributed by atoms with Crippen LogP contribution in [-0.4, -0.2) is 16.5 Å². The Morgan fingerprint density at radius 1 is 0.957 bits per heavy atom. The molecular formula is C21H34O2. The quantitative estimate of drug-likeness (QED) is 0.709. The van der Waals surface area contributed by atoms with Crippen molar-refractivity contribution in [2.75, 3.05) is 0 Å². The molecule has 3 unspecified atom stereocenters. The molecule has 0 aliphatic heterocycles. The third kappa shape index (κ3) is 1.94. The lowest BCUT2D eigenvalue weighted by Gasteiger charge is -2.62. The maximum absolute atomic E-state index is 12.1. The Hall–Kier alpha value is -0.370. The summed E-state index contributed by atoms with van der Waals surface area (Å²) in [7, 11) is 0. The molecule has 2 heteroatoms. The van der Waals surface area contributed by atoms with Crippen molar-refractivity contribution >= 4 is 5.78 Å². The molecule has 2 nitrogen and oxygen atoms in total. The van der Waals surface area contributed by atoms with Crippen molar-refractivity contribution in [3.05, 3.63) is 0 Å². The van der Waals surface area contributed by atoms with Gasteiger partial charge in [0, 0.05) is 12.8 Å². The van der Waals surface area contributed by atoms with Crippen molar-refractivity contribution in [1.29, 1.82) is 0 Å². The minimum Gasteiger partial charge on any atom is -0.390 e. The maximum Gasteiger partial charge on any atom is 0.133 e. The van der Waals surface area contributed by atoms with Gasteiger partial charge in [-0.3, -0.25) is 4.79 Å². The van der Waals surface area contributed by atoms with Gasteiger partial charge < -0.3 is 5.11 Å². The van der Waals surface area contributed by atoms with E-state index >= 15 is 0 Å². The Bertz CT molecular complexity index is 524. The minimum absolute atomic E-state index is 0.116. The lowest BCUT2D eigenvalue weighted by atomic mass is 9.42. The molecule has 4 saturated carbocycles. The van der Waals surface area contributed by atoms with Gasteiger partial charge in [-0.05, 0) is 85.9 Å². The highest BCUT2D eigenvalue weighted by Gasteiger charge is 2.64. The fraction of sp³-hybridized carbons (Fsp3) is 0.952. The van der Waals surface area contributed by atoms with Crippen molar-refractivity contribution in [2.45, 2.75) is 84.7 Å². The first kappa shape index (κ1) is 16.1. The lowest BCUT2D eigenvalue weighted by Crippen LogP contribution is -2.58. The molecule has 4 aliphatic carbocycles. The Morgan fingerprint density at radius 3 is 2.39 bits per heavy atom. The van der Waals surface area contributed by atoms with E-state index in [9.17, 15) is 9.90 Å². The van der Waals surface area contributed by atoms with E-state index in [0.29, 0.717) is 29.0 Å². The van der Waals surface area contributed by atoms with Crippen LogP contribution >= 0.6 is 0 Å². The molecule has 0 aromatic heterocycles. The minimum atomic E-state index is -0.478. The standard InChI is InChI=1S/C21H34O2/c1-13-11-15(22)12-14-5-6-16-17-8-10-20(3,23)19(17,2)9-7-18(16)21(13,14)4/h13-14,16-18,23H,5-12H2,1-4H3/t13?,14?,16-,17-,18-,19-,20?,21-/m0/s1. The molecule has 4 fully saturated rings. The van der Waals surface area contributed by atoms with Crippen molar-refractivity contribution in [3.63, 3.8) is 0 Å². The SMILES string of the molecule is CC1CC(=O)CC2CC[C@@H]3[C@H](CC[C@@]4(C)[C@H]3CCC4(C)O)[C@@]12C. The first-order valence-electron chi connectivity index (χ1n) is 9.94. The molecule has 23 heavy (non-hydrogen) atoms. The molecule has 0 amide bonds. The molecular weight excluding hydrogens is 284 g/mol. The number of carbonyl (C=O) groups is 1. The number of hydrogen-bond donors (Lipinski definition) is 1. The summed E-state index contributed by atoms with van der Waals surface area (Å²) in [6.45, 7) is 9.30. The topological polar surface area (TPSA) is 37.3 Å². The second kappa shape index (κ2) is 4.84. The second-order valence-electron chi connectivity index (χ2n) is 10.1. The van der Waals surface area contributed by atoms with Crippen LogP contribution in [0, 0.1) is 40.4 Å². The summed E-state index contributed by atoms with van der Waals surface area (Å²) in [6, 6.07) is 0. The molecule has 4 rings (SSSR count). The summed E-state index contributed by atoms with van der Waals surface area (Å²) in [5, 5.41) is 11.0. The monoisotopic (exact) mass is 318 g/mol. The van der Waals surface area contributed by atoms with Gasteiger partial charge in [-0.25, -0.2) is 0 Å². The molecule has 1 N–H and O–H groups in total. The molecule has 0 bridgehead atoms. The molecule has 0 spiro atoms. The number of Topliss-reactive ketones (excluding diaryl/α,β-unsaturated/α-hetero) is 1. The van der Waals surface area contributed by atoms with Gasteiger partial charge in [0.1, 0.15) is 5.78 Å². The van der Waals surface area contributed by atoms with Crippen molar-refractivity contribution < 1.29 is 9.90 Å². The van der Waals surface area contributed by atoms with Crippen LogP contribution < -0.4 is 0 Å². The fourth-order valence-electron chi connectivity index (χ4n) is 7.72. The first-order valence-corrected chi connectivity index (χ1v) is 9.94. The highest BCUT2D eigenvalue weighted by atomic mass is 16.3. The largest absolute Gasteiger partial charge is 0.390 e. The Balaban J connectivity index is 1.68. The zero-order valence-corrected chi connectivity index (χ0v) is 15.4. The number of fused-ring (bicyclic) bond motifs is 5. The molecule has 8 atom stereocenters. The van der Waals surface area contributed by atoms with Crippen molar-refractivity contribution in [3.8, 4) is 0 Å². The average Bonchev–Trinajstić information content (AvgIpc) is 2.71. The fourth-order valence-corrected chi connectivity index (χ4v) is 7.72. The van der Waals surface area contributed by atoms with Crippen molar-refractivity contribution in [1.82, 2.24) is 0 Å². The second-order valence-corrected chi connectivity index (χ2v) is 10.1. The van der Waals surface area contributed by atoms with Crippen LogP contribution in [0.3, 0.4) is 0 Å². The Morgan fingerprint density at radius 2 is 1.65 bits per heavy atom. The third-order valence-electron chi connectivity index (χ3n) is 9.60. The molecule has 0 aromatic rings. The summed E-state index contributed by atoms with van der Waals surface area (Å²) in [5.41, 5.74) is -0.00771. The van der Waals surface area contributed by atoms with Gasteiger partial charge >= 0.3 is 0 Å². The number of hydrogen-bond acceptors (Lipinski definition) is 2. The van der Waals surface area contributed by atoms with Crippen LogP contribution in [-0.2, 0) is 4.79 Å². The third-order valence-corrected chi connectivity index (χ3v) is 9.60. The first-order chi connectivity index (χ1) is 10.7. The van der Waals surface area contributed by atoms with Gasteiger partial charge in [0.25, 0.3) is 0 Å². The summed E-state index contributed by atoms with van der Waals surface area (Å²) < 4.78 is 0. The van der Waals surface area contributed by atoms with Gasteiger partial charge in [0.15, 0.2) is 0 Å². The van der Waals surface area contributed by atoms with Crippen LogP contribution in [0.15, 0.2) is 0 Å². The maximum atomic E-state index is 12.1. The molecule has 0 saturated heterocycles. The van der Waals surface area contributed by atoms with Crippen LogP contribution in [0.4, 0.5) is 0 Å². The van der Waals surface area contributed by atoms with E-state index in [1.54, 1.807) is 0 Å². The summed E-state index contributed by atoms with van der Waals surface area (Å²) in [6.07, 6.45) is 8.79. The van der Waals surface area contributed by atoms with Gasteiger partial charge in [-0.1, -0.05) is 20.8 Å². The summed E-state index contributed by atoms with van der Waals surface area (Å²) in [5.74, 6) is 3.90. The predicted octanol–water partition coefficient (Wildman–Crippen LogP) is 4.60. The molecule has 4 aliphatic rings. The van der Waals surface area contributed by atoms with Gasteiger partial charge in [0.2, 0.25) is 0 Å². The van der Waals surface area contributed by atoms with E-state index in [2.05, 4.69) is 27.7 Å². The zero-order valence-electron chi connectivity index (χ0n) is 15.4. The van der Waals surface area contributed by atoms with Gasteiger partial charge in [0.05, 0.1) is 5.60 Å². The summed E-state index contributed by atoms with van der Waals surface area (Å²) in [4.78, 5) is 12.1. The average molecular weight is 319 g/mol. The molecule has 0 heterocycles. The van der Waals surface area contributed by atoms with Crippen LogP contribution in [0.5, 0.6) is 0 Å². The number of rotatable bonds is 0. The van der Waals surface area contributed by atoms with E-state index in [0.717, 1.165) is 31.1 Å². The zero-order chi connectivity index (χ0) is 16.6. The number of ketones is 1. The van der Waals surface area contributed by atoms with E-state index in [-0.39, 0.29) is 5.41 Å². The van der Waals surface area contributed by atoms with E-state index < -0.39 is 5.60 Å².